The molecule has 3 atom stereocenters. The van der Waals surface area contributed by atoms with Crippen molar-refractivity contribution in [2.24, 2.45) is 0 Å². The zero-order chi connectivity index (χ0) is 21.0. The number of para-hydroxylation sites is 1. The number of methoxy groups -OCH3 is 3. The van der Waals surface area contributed by atoms with Crippen LogP contribution in [0.25, 0.3) is 10.9 Å². The maximum Gasteiger partial charge on any atom is 0.182 e. The minimum Gasteiger partial charge on any atom is -0.496 e. The Morgan fingerprint density at radius 2 is 1.73 bits per heavy atom. The van der Waals surface area contributed by atoms with E-state index in [1.807, 2.05) is 43.3 Å². The first-order valence-corrected chi connectivity index (χ1v) is 10.1. The van der Waals surface area contributed by atoms with Crippen molar-refractivity contribution in [3.8, 4) is 17.2 Å². The van der Waals surface area contributed by atoms with Gasteiger partial charge in [0.1, 0.15) is 11.4 Å². The second-order valence-electron chi connectivity index (χ2n) is 7.84. The predicted molar refractivity (Wildman–Crippen MR) is 112 cm³/mol. The Kier molecular flexibility index (Phi) is 4.38. The van der Waals surface area contributed by atoms with Gasteiger partial charge in [0.05, 0.1) is 50.1 Å². The number of rotatable bonds is 4. The molecule has 6 heteroatoms. The van der Waals surface area contributed by atoms with E-state index in [0.29, 0.717) is 22.8 Å². The Labute approximate surface area is 175 Å². The maximum atomic E-state index is 12.2. The van der Waals surface area contributed by atoms with Crippen molar-refractivity contribution < 1.29 is 24.1 Å². The molecule has 2 bridgehead atoms. The fraction of sp³-hybridized carbons (Fsp3) is 0.375. The summed E-state index contributed by atoms with van der Waals surface area (Å²) in [6.07, 6.45) is 1.07. The molecular formula is C24H25NO5. The molecule has 5 rings (SSSR count). The Hall–Kier alpha value is -2.83. The lowest BCUT2D eigenvalue weighted by Crippen LogP contribution is -2.44. The Bertz CT molecular complexity index is 1140. The molecule has 1 aromatic heterocycles. The molecule has 6 nitrogen and oxygen atoms in total. The first kappa shape index (κ1) is 19.2. The van der Waals surface area contributed by atoms with Crippen LogP contribution in [0.1, 0.15) is 41.3 Å². The summed E-state index contributed by atoms with van der Waals surface area (Å²) in [5.41, 5.74) is 2.63. The number of aromatic nitrogens is 1. The number of aliphatic hydroxyl groups is 1. The number of hydrogen-bond acceptors (Lipinski definition) is 6. The molecule has 3 heterocycles. The predicted octanol–water partition coefficient (Wildman–Crippen LogP) is 4.04. The van der Waals surface area contributed by atoms with Gasteiger partial charge < -0.3 is 24.1 Å². The van der Waals surface area contributed by atoms with Gasteiger partial charge in [0.25, 0.3) is 0 Å². The molecule has 0 aliphatic carbocycles. The van der Waals surface area contributed by atoms with Gasteiger partial charge in [0.2, 0.25) is 0 Å². The van der Waals surface area contributed by atoms with E-state index in [0.717, 1.165) is 40.6 Å². The molecule has 156 valence electrons. The molecule has 0 saturated carbocycles. The minimum absolute atomic E-state index is 0.133. The van der Waals surface area contributed by atoms with Crippen molar-refractivity contribution in [3.05, 3.63) is 58.8 Å². The van der Waals surface area contributed by atoms with E-state index in [1.54, 1.807) is 21.3 Å². The van der Waals surface area contributed by atoms with Crippen LogP contribution in [0.5, 0.6) is 17.2 Å². The van der Waals surface area contributed by atoms with Crippen molar-refractivity contribution >= 4 is 10.9 Å². The summed E-state index contributed by atoms with van der Waals surface area (Å²) in [7, 11) is 4.86. The van der Waals surface area contributed by atoms with E-state index in [9.17, 15) is 5.11 Å². The molecule has 1 N–H and O–H groups in total. The van der Waals surface area contributed by atoms with Crippen LogP contribution in [-0.4, -0.2) is 37.5 Å². The van der Waals surface area contributed by atoms with Crippen LogP contribution in [0.4, 0.5) is 0 Å². The fourth-order valence-corrected chi connectivity index (χ4v) is 5.16. The lowest BCUT2D eigenvalue weighted by Gasteiger charge is -2.41. The quantitative estimate of drug-likeness (QED) is 0.704. The molecule has 0 spiro atoms. The standard InChI is InChI=1S/C24H25NO5/c1-13-22(28-3)23(29-4)21-16(25-13)10-9-15-20(21)18-11-12-19(30-18)24(15,26)14-7-5-6-8-17(14)27-2/h5-10,18-19,26H,11-12H2,1-4H3/t18-,19-,24+/m1/s1. The monoisotopic (exact) mass is 407 g/mol. The van der Waals surface area contributed by atoms with Crippen LogP contribution in [0.2, 0.25) is 0 Å². The third kappa shape index (κ3) is 2.41. The summed E-state index contributed by atoms with van der Waals surface area (Å²) in [6.45, 7) is 1.90. The zero-order valence-corrected chi connectivity index (χ0v) is 17.6. The molecule has 2 aromatic carbocycles. The highest BCUT2D eigenvalue weighted by Crippen LogP contribution is 2.56. The van der Waals surface area contributed by atoms with Crippen molar-refractivity contribution in [3.63, 3.8) is 0 Å². The van der Waals surface area contributed by atoms with Crippen LogP contribution in [0.3, 0.4) is 0 Å². The van der Waals surface area contributed by atoms with E-state index in [1.165, 1.54) is 0 Å². The summed E-state index contributed by atoms with van der Waals surface area (Å²) in [6, 6.07) is 11.5. The van der Waals surface area contributed by atoms with E-state index >= 15 is 0 Å². The molecule has 1 fully saturated rings. The van der Waals surface area contributed by atoms with Crippen molar-refractivity contribution in [2.75, 3.05) is 21.3 Å². The summed E-state index contributed by atoms with van der Waals surface area (Å²) in [5.74, 6) is 1.85. The van der Waals surface area contributed by atoms with Gasteiger partial charge in [-0.15, -0.1) is 0 Å². The Morgan fingerprint density at radius 3 is 2.47 bits per heavy atom. The van der Waals surface area contributed by atoms with E-state index in [-0.39, 0.29) is 12.2 Å². The Morgan fingerprint density at radius 1 is 0.967 bits per heavy atom. The van der Waals surface area contributed by atoms with Gasteiger partial charge in [0, 0.05) is 11.1 Å². The number of hydrogen-bond donors (Lipinski definition) is 1. The fourth-order valence-electron chi connectivity index (χ4n) is 5.16. The first-order chi connectivity index (χ1) is 14.5. The number of benzene rings is 2. The number of aryl methyl sites for hydroxylation is 1. The summed E-state index contributed by atoms with van der Waals surface area (Å²) in [4.78, 5) is 4.73. The van der Waals surface area contributed by atoms with Gasteiger partial charge in [-0.05, 0) is 37.5 Å². The largest absolute Gasteiger partial charge is 0.496 e. The number of ether oxygens (including phenoxy) is 4. The van der Waals surface area contributed by atoms with Gasteiger partial charge in [-0.25, -0.2) is 4.98 Å². The van der Waals surface area contributed by atoms with Gasteiger partial charge in [-0.3, -0.25) is 0 Å². The molecule has 2 aliphatic heterocycles. The molecule has 30 heavy (non-hydrogen) atoms. The van der Waals surface area contributed by atoms with Gasteiger partial charge in [-0.2, -0.15) is 0 Å². The SMILES string of the molecule is COc1ccccc1[C@]1(O)c2ccc3nc(C)c(OC)c(OC)c3c2[C@H]2CC[C@H]1O2. The van der Waals surface area contributed by atoms with Gasteiger partial charge >= 0.3 is 0 Å². The van der Waals surface area contributed by atoms with E-state index < -0.39 is 5.60 Å². The van der Waals surface area contributed by atoms with Gasteiger partial charge in [-0.1, -0.05) is 24.3 Å². The molecule has 0 radical (unpaired) electrons. The number of pyridine rings is 1. The Balaban J connectivity index is 1.88. The summed E-state index contributed by atoms with van der Waals surface area (Å²) >= 11 is 0. The van der Waals surface area contributed by atoms with Crippen LogP contribution in [-0.2, 0) is 10.3 Å². The van der Waals surface area contributed by atoms with Crippen LogP contribution < -0.4 is 14.2 Å². The summed E-state index contributed by atoms with van der Waals surface area (Å²) < 4.78 is 23.4. The maximum absolute atomic E-state index is 12.2. The molecule has 1 saturated heterocycles. The van der Waals surface area contributed by atoms with Crippen molar-refractivity contribution in [2.45, 2.75) is 37.6 Å². The van der Waals surface area contributed by atoms with Crippen LogP contribution >= 0.6 is 0 Å². The topological polar surface area (TPSA) is 70.0 Å². The van der Waals surface area contributed by atoms with Crippen molar-refractivity contribution in [1.29, 1.82) is 0 Å². The van der Waals surface area contributed by atoms with E-state index in [4.69, 9.17) is 23.9 Å². The van der Waals surface area contributed by atoms with E-state index in [2.05, 4.69) is 0 Å². The number of fused-ring (bicyclic) bond motifs is 6. The minimum atomic E-state index is -1.34. The second-order valence-corrected chi connectivity index (χ2v) is 7.84. The highest BCUT2D eigenvalue weighted by Gasteiger charge is 2.53. The molecule has 0 unspecified atom stereocenters. The third-order valence-electron chi connectivity index (χ3n) is 6.42. The highest BCUT2D eigenvalue weighted by molar-refractivity contribution is 5.93. The first-order valence-electron chi connectivity index (χ1n) is 10.1. The highest BCUT2D eigenvalue weighted by atomic mass is 16.5. The van der Waals surface area contributed by atoms with Crippen LogP contribution in [0, 0.1) is 6.92 Å². The third-order valence-corrected chi connectivity index (χ3v) is 6.42. The second kappa shape index (κ2) is 6.86. The average Bonchev–Trinajstić information content (AvgIpc) is 3.23. The average molecular weight is 407 g/mol. The normalized spacial score (nSPS) is 24.6. The molecule has 3 aromatic rings. The lowest BCUT2D eigenvalue weighted by molar-refractivity contribution is -0.102. The van der Waals surface area contributed by atoms with Crippen LogP contribution in [0.15, 0.2) is 36.4 Å². The smallest absolute Gasteiger partial charge is 0.182 e. The summed E-state index contributed by atoms with van der Waals surface area (Å²) in [5, 5.41) is 13.0. The zero-order valence-electron chi connectivity index (χ0n) is 17.6. The number of nitrogens with zero attached hydrogens (tertiary/aromatic N) is 1. The molecule has 0 amide bonds. The van der Waals surface area contributed by atoms with Gasteiger partial charge in [0.15, 0.2) is 11.5 Å². The molecule has 2 aliphatic rings. The lowest BCUT2D eigenvalue weighted by atomic mass is 9.77. The van der Waals surface area contributed by atoms with Crippen molar-refractivity contribution in [1.82, 2.24) is 4.98 Å². The molecular weight excluding hydrogens is 382 g/mol.